The summed E-state index contributed by atoms with van der Waals surface area (Å²) in [5.41, 5.74) is 4.42. The van der Waals surface area contributed by atoms with Crippen LogP contribution in [-0.2, 0) is 6.54 Å². The molecule has 3 rings (SSSR count). The summed E-state index contributed by atoms with van der Waals surface area (Å²) in [6, 6.07) is 9.08. The van der Waals surface area contributed by atoms with Crippen LogP contribution in [0.15, 0.2) is 42.0 Å². The largest absolute Gasteiger partial charge is 0.305 e. The molecular weight excluding hydrogens is 273 g/mol. The highest BCUT2D eigenvalue weighted by Crippen LogP contribution is 2.19. The van der Waals surface area contributed by atoms with E-state index in [2.05, 4.69) is 33.5 Å². The maximum Gasteiger partial charge on any atom is 0.146 e. The summed E-state index contributed by atoms with van der Waals surface area (Å²) in [7, 11) is 0. The fourth-order valence-corrected chi connectivity index (χ4v) is 2.76. The highest BCUT2D eigenvalue weighted by molar-refractivity contribution is 7.16. The van der Waals surface area contributed by atoms with Crippen LogP contribution in [0.5, 0.6) is 0 Å². The van der Waals surface area contributed by atoms with Gasteiger partial charge >= 0.3 is 0 Å². The van der Waals surface area contributed by atoms with Crippen LogP contribution in [0, 0.1) is 5.82 Å². The first-order valence-electron chi connectivity index (χ1n) is 6.40. The molecular formula is C15H14FN3S. The van der Waals surface area contributed by atoms with E-state index in [1.807, 2.05) is 12.4 Å². The number of thiazole rings is 1. The van der Waals surface area contributed by atoms with Gasteiger partial charge in [-0.1, -0.05) is 6.07 Å². The van der Waals surface area contributed by atoms with Crippen LogP contribution in [0.25, 0.3) is 10.2 Å². The van der Waals surface area contributed by atoms with Gasteiger partial charge in [0, 0.05) is 18.8 Å². The second-order valence-electron chi connectivity index (χ2n) is 4.63. The second kappa shape index (κ2) is 5.64. The van der Waals surface area contributed by atoms with Crippen LogP contribution in [0.1, 0.15) is 24.2 Å². The highest BCUT2D eigenvalue weighted by Gasteiger charge is 2.11. The van der Waals surface area contributed by atoms with Gasteiger partial charge in [-0.15, -0.1) is 11.3 Å². The van der Waals surface area contributed by atoms with Crippen LogP contribution in [0.2, 0.25) is 0 Å². The Morgan fingerprint density at radius 1 is 1.30 bits per heavy atom. The zero-order chi connectivity index (χ0) is 13.9. The fraction of sp³-hybridized carbons (Fsp3) is 0.200. The highest BCUT2D eigenvalue weighted by atomic mass is 32.1. The predicted octanol–water partition coefficient (Wildman–Crippen LogP) is 3.68. The van der Waals surface area contributed by atoms with Gasteiger partial charge in [0.2, 0.25) is 0 Å². The number of aromatic nitrogens is 2. The molecule has 0 aliphatic carbocycles. The number of hydrogen-bond donors (Lipinski definition) is 1. The topological polar surface area (TPSA) is 37.8 Å². The zero-order valence-electron chi connectivity index (χ0n) is 11.0. The molecule has 1 unspecified atom stereocenters. The third kappa shape index (κ3) is 2.69. The lowest BCUT2D eigenvalue weighted by Crippen LogP contribution is -2.20. The predicted molar refractivity (Wildman–Crippen MR) is 79.1 cm³/mol. The monoisotopic (exact) mass is 287 g/mol. The van der Waals surface area contributed by atoms with Gasteiger partial charge in [-0.2, -0.15) is 0 Å². The number of nitrogens with one attached hydrogen (secondary N) is 1. The molecule has 0 aliphatic heterocycles. The van der Waals surface area contributed by atoms with E-state index < -0.39 is 0 Å². The van der Waals surface area contributed by atoms with Crippen LogP contribution >= 0.6 is 11.3 Å². The zero-order valence-corrected chi connectivity index (χ0v) is 11.8. The summed E-state index contributed by atoms with van der Waals surface area (Å²) in [5, 5.41) is 3.29. The van der Waals surface area contributed by atoms with Crippen LogP contribution in [0.3, 0.4) is 0 Å². The summed E-state index contributed by atoms with van der Waals surface area (Å²) in [5.74, 6) is -0.276. The van der Waals surface area contributed by atoms with Crippen molar-refractivity contribution in [2.45, 2.75) is 19.5 Å². The van der Waals surface area contributed by atoms with Crippen LogP contribution in [-0.4, -0.2) is 9.97 Å². The first-order valence-corrected chi connectivity index (χ1v) is 7.28. The molecule has 2 heterocycles. The lowest BCUT2D eigenvalue weighted by Gasteiger charge is -2.13. The maximum absolute atomic E-state index is 13.6. The van der Waals surface area contributed by atoms with E-state index in [9.17, 15) is 4.39 Å². The first-order chi connectivity index (χ1) is 9.74. The van der Waals surface area contributed by atoms with Crippen molar-refractivity contribution in [1.29, 1.82) is 0 Å². The standard InChI is InChI=1S/C15H14FN3S/c1-10(15-12(16)3-2-6-17-15)18-8-11-4-5-14-13(7-11)19-9-20-14/h2-7,9-10,18H,8H2,1H3. The van der Waals surface area contributed by atoms with Crippen molar-refractivity contribution in [3.8, 4) is 0 Å². The molecule has 20 heavy (non-hydrogen) atoms. The number of rotatable bonds is 4. The van der Waals surface area contributed by atoms with E-state index >= 15 is 0 Å². The number of nitrogens with zero attached hydrogens (tertiary/aromatic N) is 2. The number of fused-ring (bicyclic) bond motifs is 1. The molecule has 102 valence electrons. The van der Waals surface area contributed by atoms with E-state index in [0.29, 0.717) is 12.2 Å². The Hall–Kier alpha value is -1.85. The third-order valence-corrected chi connectivity index (χ3v) is 4.01. The smallest absolute Gasteiger partial charge is 0.146 e. The van der Waals surface area contributed by atoms with Gasteiger partial charge < -0.3 is 5.32 Å². The number of halogens is 1. The lowest BCUT2D eigenvalue weighted by atomic mass is 10.1. The minimum Gasteiger partial charge on any atom is -0.305 e. The van der Waals surface area contributed by atoms with Gasteiger partial charge in [0.25, 0.3) is 0 Å². The molecule has 1 N–H and O–H groups in total. The Balaban J connectivity index is 1.71. The van der Waals surface area contributed by atoms with Crippen molar-refractivity contribution in [1.82, 2.24) is 15.3 Å². The lowest BCUT2D eigenvalue weighted by molar-refractivity contribution is 0.512. The second-order valence-corrected chi connectivity index (χ2v) is 5.51. The van der Waals surface area contributed by atoms with E-state index in [4.69, 9.17) is 0 Å². The average molecular weight is 287 g/mol. The molecule has 0 amide bonds. The van der Waals surface area contributed by atoms with Crippen molar-refractivity contribution in [2.24, 2.45) is 0 Å². The van der Waals surface area contributed by atoms with Crippen LogP contribution in [0.4, 0.5) is 4.39 Å². The molecule has 0 spiro atoms. The molecule has 0 aliphatic rings. The molecule has 2 aromatic heterocycles. The van der Waals surface area contributed by atoms with Crippen molar-refractivity contribution >= 4 is 21.6 Å². The molecule has 0 saturated carbocycles. The number of hydrogen-bond acceptors (Lipinski definition) is 4. The molecule has 1 atom stereocenters. The quantitative estimate of drug-likeness (QED) is 0.795. The molecule has 0 radical (unpaired) electrons. The normalized spacial score (nSPS) is 12.7. The first kappa shape index (κ1) is 13.1. The Labute approximate surface area is 120 Å². The molecule has 0 fully saturated rings. The van der Waals surface area contributed by atoms with Crippen molar-refractivity contribution in [3.63, 3.8) is 0 Å². The summed E-state index contributed by atoms with van der Waals surface area (Å²) in [6.45, 7) is 2.57. The van der Waals surface area contributed by atoms with Gasteiger partial charge in [-0.05, 0) is 36.8 Å². The minimum atomic E-state index is -0.276. The van der Waals surface area contributed by atoms with Crippen molar-refractivity contribution < 1.29 is 4.39 Å². The molecule has 5 heteroatoms. The van der Waals surface area contributed by atoms with Crippen LogP contribution < -0.4 is 5.32 Å². The van der Waals surface area contributed by atoms with Gasteiger partial charge in [0.15, 0.2) is 0 Å². The van der Waals surface area contributed by atoms with Gasteiger partial charge in [-0.3, -0.25) is 4.98 Å². The van der Waals surface area contributed by atoms with Crippen molar-refractivity contribution in [3.05, 3.63) is 59.1 Å². The van der Waals surface area contributed by atoms with E-state index in [0.717, 1.165) is 11.1 Å². The number of benzene rings is 1. The Morgan fingerprint density at radius 3 is 3.05 bits per heavy atom. The molecule has 0 saturated heterocycles. The SMILES string of the molecule is CC(NCc1ccc2scnc2c1)c1ncccc1F. The third-order valence-electron chi connectivity index (χ3n) is 3.20. The maximum atomic E-state index is 13.6. The summed E-state index contributed by atoms with van der Waals surface area (Å²) >= 11 is 1.63. The fourth-order valence-electron chi connectivity index (χ4n) is 2.10. The van der Waals surface area contributed by atoms with E-state index in [-0.39, 0.29) is 11.9 Å². The molecule has 1 aromatic carbocycles. The Bertz CT molecular complexity index is 726. The molecule has 3 nitrogen and oxygen atoms in total. The molecule has 3 aromatic rings. The number of pyridine rings is 1. The summed E-state index contributed by atoms with van der Waals surface area (Å²) in [6.07, 6.45) is 1.61. The minimum absolute atomic E-state index is 0.137. The average Bonchev–Trinajstić information content (AvgIpc) is 2.92. The molecule has 0 bridgehead atoms. The summed E-state index contributed by atoms with van der Waals surface area (Å²) < 4.78 is 14.8. The Morgan fingerprint density at radius 2 is 2.20 bits per heavy atom. The summed E-state index contributed by atoms with van der Waals surface area (Å²) in [4.78, 5) is 8.38. The van der Waals surface area contributed by atoms with E-state index in [1.54, 1.807) is 23.6 Å². The van der Waals surface area contributed by atoms with Gasteiger partial charge in [0.1, 0.15) is 5.82 Å². The van der Waals surface area contributed by atoms with E-state index in [1.165, 1.54) is 10.8 Å². The Kier molecular flexibility index (Phi) is 3.71. The van der Waals surface area contributed by atoms with Crippen molar-refractivity contribution in [2.75, 3.05) is 0 Å². The van der Waals surface area contributed by atoms with Gasteiger partial charge in [0.05, 0.1) is 21.4 Å². The van der Waals surface area contributed by atoms with Gasteiger partial charge in [-0.25, -0.2) is 9.37 Å².